The predicted octanol–water partition coefficient (Wildman–Crippen LogP) is 2.21. The van der Waals surface area contributed by atoms with Crippen LogP contribution in [-0.4, -0.2) is 26.8 Å². The second-order valence-corrected chi connectivity index (χ2v) is 5.63. The summed E-state index contributed by atoms with van der Waals surface area (Å²) >= 11 is 0. The van der Waals surface area contributed by atoms with E-state index in [-0.39, 0.29) is 0 Å². The molecular weight excluding hydrogens is 278 g/mol. The maximum Gasteiger partial charge on any atom is 0.341 e. The first kappa shape index (κ1) is 15.4. The second-order valence-electron chi connectivity index (χ2n) is 3.71. The Bertz CT molecular complexity index is 529. The molecule has 0 saturated carbocycles. The van der Waals surface area contributed by atoms with Crippen molar-refractivity contribution in [1.82, 2.24) is 5.32 Å². The lowest BCUT2D eigenvalue weighted by Crippen LogP contribution is -2.29. The van der Waals surface area contributed by atoms with Crippen LogP contribution in [0.1, 0.15) is 13.3 Å². The normalized spacial score (nSPS) is 11.4. The quantitative estimate of drug-likeness (QED) is 0.873. The summed E-state index contributed by atoms with van der Waals surface area (Å²) < 4.78 is 46.9. The van der Waals surface area contributed by atoms with Crippen molar-refractivity contribution >= 4 is 21.6 Å². The zero-order valence-corrected chi connectivity index (χ0v) is 11.0. The lowest BCUT2D eigenvalue weighted by molar-refractivity contribution is 0.234. The molecule has 1 aromatic rings. The highest BCUT2D eigenvalue weighted by atomic mass is 32.2. The molecule has 1 rings (SSSR count). The summed E-state index contributed by atoms with van der Waals surface area (Å²) in [5.41, 5.74) is 0.321. The number of halogens is 2. The molecule has 5 nitrogen and oxygen atoms in total. The molecular formula is C11H14F2N2O3S. The lowest BCUT2D eigenvalue weighted by atomic mass is 10.3. The summed E-state index contributed by atoms with van der Waals surface area (Å²) in [5.74, 6) is -3.46. The van der Waals surface area contributed by atoms with Gasteiger partial charge >= 0.3 is 11.8 Å². The number of alkyl halides is 2. The number of hydrogen-bond acceptors (Lipinski definition) is 3. The molecule has 8 heteroatoms. The van der Waals surface area contributed by atoms with Crippen LogP contribution in [0.15, 0.2) is 29.2 Å². The number of urea groups is 1. The van der Waals surface area contributed by atoms with Gasteiger partial charge in [0.25, 0.3) is 0 Å². The number of carbonyl (C=O) groups is 1. The van der Waals surface area contributed by atoms with Gasteiger partial charge in [0.15, 0.2) is 0 Å². The van der Waals surface area contributed by atoms with E-state index in [4.69, 9.17) is 0 Å². The first-order valence-electron chi connectivity index (χ1n) is 5.55. The van der Waals surface area contributed by atoms with Gasteiger partial charge < -0.3 is 10.6 Å². The summed E-state index contributed by atoms with van der Waals surface area (Å²) in [6.07, 6.45) is 0.777. The molecule has 0 fully saturated rings. The molecule has 2 amide bonds. The van der Waals surface area contributed by atoms with Crippen LogP contribution >= 0.6 is 0 Å². The zero-order chi connectivity index (χ0) is 14.5. The summed E-state index contributed by atoms with van der Waals surface area (Å²) in [6.45, 7) is 2.40. The number of nitrogens with one attached hydrogen (secondary N) is 2. The van der Waals surface area contributed by atoms with E-state index in [0.29, 0.717) is 12.2 Å². The van der Waals surface area contributed by atoms with Crippen molar-refractivity contribution in [2.45, 2.75) is 24.0 Å². The number of rotatable bonds is 5. The Balaban J connectivity index is 2.75. The molecule has 0 atom stereocenters. The molecule has 19 heavy (non-hydrogen) atoms. The highest BCUT2D eigenvalue weighted by Gasteiger charge is 2.26. The van der Waals surface area contributed by atoms with E-state index in [1.807, 2.05) is 6.92 Å². The van der Waals surface area contributed by atoms with Gasteiger partial charge in [0.1, 0.15) is 0 Å². The van der Waals surface area contributed by atoms with Gasteiger partial charge in [0.2, 0.25) is 9.84 Å². The molecule has 0 radical (unpaired) electrons. The van der Waals surface area contributed by atoms with Crippen molar-refractivity contribution in [2.24, 2.45) is 0 Å². The van der Waals surface area contributed by atoms with Gasteiger partial charge in [-0.25, -0.2) is 13.2 Å². The number of sulfone groups is 1. The van der Waals surface area contributed by atoms with E-state index in [9.17, 15) is 22.0 Å². The monoisotopic (exact) mass is 292 g/mol. The Morgan fingerprint density at radius 1 is 1.26 bits per heavy atom. The Hall–Kier alpha value is -1.70. The van der Waals surface area contributed by atoms with Crippen LogP contribution in [0.4, 0.5) is 19.3 Å². The van der Waals surface area contributed by atoms with Gasteiger partial charge in [-0.3, -0.25) is 0 Å². The van der Waals surface area contributed by atoms with Crippen molar-refractivity contribution in [3.05, 3.63) is 24.3 Å². The van der Waals surface area contributed by atoms with Crippen molar-refractivity contribution < 1.29 is 22.0 Å². The molecule has 0 unspecified atom stereocenters. The number of amides is 2. The van der Waals surface area contributed by atoms with Crippen LogP contribution in [0.5, 0.6) is 0 Å². The topological polar surface area (TPSA) is 75.3 Å². The van der Waals surface area contributed by atoms with E-state index >= 15 is 0 Å². The van der Waals surface area contributed by atoms with Gasteiger partial charge in [0, 0.05) is 12.2 Å². The Morgan fingerprint density at radius 3 is 2.32 bits per heavy atom. The molecule has 0 bridgehead atoms. The smallest absolute Gasteiger partial charge is 0.338 e. The highest BCUT2D eigenvalue weighted by molar-refractivity contribution is 7.91. The van der Waals surface area contributed by atoms with E-state index in [0.717, 1.165) is 18.6 Å². The minimum atomic E-state index is -4.60. The van der Waals surface area contributed by atoms with Crippen LogP contribution in [0.2, 0.25) is 0 Å². The number of carbonyl (C=O) groups excluding carboxylic acids is 1. The number of anilines is 1. The van der Waals surface area contributed by atoms with Crippen molar-refractivity contribution in [1.29, 1.82) is 0 Å². The zero-order valence-electron chi connectivity index (χ0n) is 10.2. The third-order valence-corrected chi connectivity index (χ3v) is 3.61. The van der Waals surface area contributed by atoms with E-state index in [1.54, 1.807) is 0 Å². The maximum atomic E-state index is 12.3. The third kappa shape index (κ3) is 4.16. The largest absolute Gasteiger partial charge is 0.341 e. The van der Waals surface area contributed by atoms with Crippen LogP contribution in [0.25, 0.3) is 0 Å². The summed E-state index contributed by atoms with van der Waals surface area (Å²) in [7, 11) is -4.60. The average Bonchev–Trinajstić information content (AvgIpc) is 2.36. The summed E-state index contributed by atoms with van der Waals surface area (Å²) in [4.78, 5) is 10.8. The molecule has 0 saturated heterocycles. The number of benzene rings is 1. The fourth-order valence-electron chi connectivity index (χ4n) is 1.24. The second kappa shape index (κ2) is 6.46. The van der Waals surface area contributed by atoms with Crippen molar-refractivity contribution in [3.63, 3.8) is 0 Å². The molecule has 0 spiro atoms. The van der Waals surface area contributed by atoms with E-state index < -0.39 is 26.5 Å². The Morgan fingerprint density at radius 2 is 1.84 bits per heavy atom. The van der Waals surface area contributed by atoms with Crippen LogP contribution < -0.4 is 10.6 Å². The molecule has 0 aromatic heterocycles. The van der Waals surface area contributed by atoms with Crippen LogP contribution in [-0.2, 0) is 9.84 Å². The van der Waals surface area contributed by atoms with Crippen LogP contribution in [0.3, 0.4) is 0 Å². The molecule has 0 aliphatic carbocycles. The summed E-state index contributed by atoms with van der Waals surface area (Å²) in [6, 6.07) is 4.11. The van der Waals surface area contributed by atoms with Gasteiger partial charge in [-0.05, 0) is 30.7 Å². The van der Waals surface area contributed by atoms with Gasteiger partial charge in [0.05, 0.1) is 4.90 Å². The standard InChI is InChI=1S/C11H14F2N2O3S/c1-2-7-14-11(16)15-8-3-5-9(6-4-8)19(17,18)10(12)13/h3-6,10H,2,7H2,1H3,(H2,14,15,16). The summed E-state index contributed by atoms with van der Waals surface area (Å²) in [5, 5.41) is 5.01. The van der Waals surface area contributed by atoms with Crippen LogP contribution in [0, 0.1) is 0 Å². The molecule has 1 aromatic carbocycles. The lowest BCUT2D eigenvalue weighted by Gasteiger charge is -2.07. The SMILES string of the molecule is CCCNC(=O)Nc1ccc(S(=O)(=O)C(F)F)cc1. The average molecular weight is 292 g/mol. The van der Waals surface area contributed by atoms with E-state index in [2.05, 4.69) is 10.6 Å². The van der Waals surface area contributed by atoms with Crippen molar-refractivity contribution in [2.75, 3.05) is 11.9 Å². The Kier molecular flexibility index (Phi) is 5.22. The molecule has 0 aliphatic heterocycles. The maximum absolute atomic E-state index is 12.3. The fraction of sp³-hybridized carbons (Fsp3) is 0.364. The fourth-order valence-corrected chi connectivity index (χ4v) is 1.97. The third-order valence-electron chi connectivity index (χ3n) is 2.21. The molecule has 0 heterocycles. The first-order chi connectivity index (χ1) is 8.87. The Labute approximate surface area is 109 Å². The molecule has 2 N–H and O–H groups in total. The minimum absolute atomic E-state index is 0.321. The first-order valence-corrected chi connectivity index (χ1v) is 7.09. The predicted molar refractivity (Wildman–Crippen MR) is 66.9 cm³/mol. The minimum Gasteiger partial charge on any atom is -0.338 e. The molecule has 0 aliphatic rings. The number of hydrogen-bond donors (Lipinski definition) is 2. The highest BCUT2D eigenvalue weighted by Crippen LogP contribution is 2.20. The van der Waals surface area contributed by atoms with E-state index in [1.165, 1.54) is 12.1 Å². The van der Waals surface area contributed by atoms with Gasteiger partial charge in [-0.2, -0.15) is 8.78 Å². The molecule has 106 valence electrons. The van der Waals surface area contributed by atoms with Gasteiger partial charge in [-0.1, -0.05) is 6.92 Å². The van der Waals surface area contributed by atoms with Gasteiger partial charge in [-0.15, -0.1) is 0 Å². The van der Waals surface area contributed by atoms with Crippen molar-refractivity contribution in [3.8, 4) is 0 Å².